The molecule has 1 aromatic carbocycles. The van der Waals surface area contributed by atoms with E-state index < -0.39 is 0 Å². The summed E-state index contributed by atoms with van der Waals surface area (Å²) in [6.07, 6.45) is 2.25. The zero-order chi connectivity index (χ0) is 18.5. The number of carbonyl (C=O) groups excluding carboxylic acids is 1. The van der Waals surface area contributed by atoms with Crippen molar-refractivity contribution >= 4 is 28.6 Å². The van der Waals surface area contributed by atoms with Crippen molar-refractivity contribution in [3.05, 3.63) is 29.8 Å². The summed E-state index contributed by atoms with van der Waals surface area (Å²) in [6.45, 7) is 6.37. The lowest BCUT2D eigenvalue weighted by Gasteiger charge is -2.30. The maximum Gasteiger partial charge on any atom is 0.232 e. The van der Waals surface area contributed by atoms with Gasteiger partial charge < -0.3 is 9.64 Å². The predicted molar refractivity (Wildman–Crippen MR) is 103 cm³/mol. The first kappa shape index (κ1) is 18.5. The molecule has 2 aromatic rings. The van der Waals surface area contributed by atoms with Gasteiger partial charge in [0.15, 0.2) is 0 Å². The van der Waals surface area contributed by atoms with Gasteiger partial charge in [0.05, 0.1) is 23.4 Å². The standard InChI is InChI=1S/C20H23N3O2S/c1-3-25-17-6-7-18-15(10-17)9-16(11-21)20(22-18)26-13-19(24)23-8-4-5-14(2)12-23/h6-7,9-10,14H,3-5,8,12-13H2,1-2H3. The number of likely N-dealkylation sites (tertiary alicyclic amines) is 1. The second-order valence-electron chi connectivity index (χ2n) is 6.62. The molecule has 0 aliphatic carbocycles. The Bertz CT molecular complexity index is 847. The van der Waals surface area contributed by atoms with Crippen molar-refractivity contribution in [2.75, 3.05) is 25.4 Å². The number of ether oxygens (including phenoxy) is 1. The number of thioether (sulfide) groups is 1. The van der Waals surface area contributed by atoms with Gasteiger partial charge in [0.2, 0.25) is 5.91 Å². The van der Waals surface area contributed by atoms with Crippen LogP contribution >= 0.6 is 11.8 Å². The smallest absolute Gasteiger partial charge is 0.232 e. The third-order valence-corrected chi connectivity index (χ3v) is 5.50. The lowest BCUT2D eigenvalue weighted by Crippen LogP contribution is -2.40. The van der Waals surface area contributed by atoms with E-state index in [1.807, 2.05) is 36.1 Å². The second kappa shape index (κ2) is 8.41. The zero-order valence-corrected chi connectivity index (χ0v) is 16.0. The highest BCUT2D eigenvalue weighted by atomic mass is 32.2. The highest BCUT2D eigenvalue weighted by molar-refractivity contribution is 8.00. The Hall–Kier alpha value is -2.26. The minimum absolute atomic E-state index is 0.124. The molecular formula is C20H23N3O2S. The molecule has 0 bridgehead atoms. The minimum Gasteiger partial charge on any atom is -0.494 e. The number of hydrogen-bond donors (Lipinski definition) is 0. The number of aromatic nitrogens is 1. The van der Waals surface area contributed by atoms with Crippen LogP contribution in [0.5, 0.6) is 5.75 Å². The molecule has 2 heterocycles. The van der Waals surface area contributed by atoms with Gasteiger partial charge in [0, 0.05) is 18.5 Å². The molecule has 136 valence electrons. The molecule has 6 heteroatoms. The number of benzene rings is 1. The van der Waals surface area contributed by atoms with E-state index in [4.69, 9.17) is 4.74 Å². The van der Waals surface area contributed by atoms with Crippen molar-refractivity contribution in [2.24, 2.45) is 5.92 Å². The maximum absolute atomic E-state index is 12.5. The summed E-state index contributed by atoms with van der Waals surface area (Å²) in [5.74, 6) is 1.77. The fourth-order valence-corrected chi connectivity index (χ4v) is 4.09. The van der Waals surface area contributed by atoms with E-state index in [-0.39, 0.29) is 5.91 Å². The van der Waals surface area contributed by atoms with Crippen molar-refractivity contribution < 1.29 is 9.53 Å². The summed E-state index contributed by atoms with van der Waals surface area (Å²) in [6, 6.07) is 9.67. The number of nitriles is 1. The first-order valence-electron chi connectivity index (χ1n) is 8.99. The van der Waals surface area contributed by atoms with Crippen molar-refractivity contribution in [1.82, 2.24) is 9.88 Å². The quantitative estimate of drug-likeness (QED) is 0.749. The Morgan fingerprint density at radius 1 is 1.46 bits per heavy atom. The molecule has 3 rings (SSSR count). The summed E-state index contributed by atoms with van der Waals surface area (Å²) in [7, 11) is 0. The number of carbonyl (C=O) groups is 1. The second-order valence-corrected chi connectivity index (χ2v) is 7.58. The van der Waals surface area contributed by atoms with Gasteiger partial charge in [0.25, 0.3) is 0 Å². The summed E-state index contributed by atoms with van der Waals surface area (Å²) >= 11 is 1.35. The average Bonchev–Trinajstić information content (AvgIpc) is 2.65. The Morgan fingerprint density at radius 3 is 3.04 bits per heavy atom. The van der Waals surface area contributed by atoms with Crippen LogP contribution in [0.25, 0.3) is 10.9 Å². The molecule has 1 amide bonds. The van der Waals surface area contributed by atoms with Crippen molar-refractivity contribution in [1.29, 1.82) is 5.26 Å². The molecular weight excluding hydrogens is 346 g/mol. The minimum atomic E-state index is 0.124. The van der Waals surface area contributed by atoms with Gasteiger partial charge >= 0.3 is 0 Å². The molecule has 0 radical (unpaired) electrons. The number of pyridine rings is 1. The molecule has 1 fully saturated rings. The Morgan fingerprint density at radius 2 is 2.31 bits per heavy atom. The molecule has 1 aromatic heterocycles. The van der Waals surface area contributed by atoms with Crippen LogP contribution in [0.4, 0.5) is 0 Å². The molecule has 1 saturated heterocycles. The van der Waals surface area contributed by atoms with Crippen LogP contribution in [-0.2, 0) is 4.79 Å². The van der Waals surface area contributed by atoms with E-state index in [1.54, 1.807) is 0 Å². The molecule has 0 N–H and O–H groups in total. The predicted octanol–water partition coefficient (Wildman–Crippen LogP) is 3.86. The largest absolute Gasteiger partial charge is 0.494 e. The maximum atomic E-state index is 12.5. The lowest BCUT2D eigenvalue weighted by molar-refractivity contribution is -0.130. The van der Waals surface area contributed by atoms with E-state index in [0.717, 1.165) is 36.2 Å². The SMILES string of the molecule is CCOc1ccc2nc(SCC(=O)N3CCCC(C)C3)c(C#N)cc2c1. The van der Waals surface area contributed by atoms with Crippen molar-refractivity contribution in [2.45, 2.75) is 31.7 Å². The molecule has 1 aliphatic rings. The topological polar surface area (TPSA) is 66.2 Å². The number of hydrogen-bond acceptors (Lipinski definition) is 5. The number of fused-ring (bicyclic) bond motifs is 1. The van der Waals surface area contributed by atoms with Crippen LogP contribution in [0.1, 0.15) is 32.3 Å². The first-order valence-corrected chi connectivity index (χ1v) is 9.97. The monoisotopic (exact) mass is 369 g/mol. The van der Waals surface area contributed by atoms with Gasteiger partial charge in [-0.15, -0.1) is 0 Å². The van der Waals surface area contributed by atoms with E-state index in [0.29, 0.717) is 28.9 Å². The van der Waals surface area contributed by atoms with Crippen LogP contribution in [-0.4, -0.2) is 41.2 Å². The molecule has 0 saturated carbocycles. The average molecular weight is 369 g/mol. The summed E-state index contributed by atoms with van der Waals surface area (Å²) in [5.41, 5.74) is 1.30. The van der Waals surface area contributed by atoms with Gasteiger partial charge in [-0.3, -0.25) is 4.79 Å². The Balaban J connectivity index is 1.75. The molecule has 1 aliphatic heterocycles. The van der Waals surface area contributed by atoms with Gasteiger partial charge in [-0.1, -0.05) is 18.7 Å². The van der Waals surface area contributed by atoms with Crippen LogP contribution in [0.2, 0.25) is 0 Å². The zero-order valence-electron chi connectivity index (χ0n) is 15.2. The summed E-state index contributed by atoms with van der Waals surface area (Å²) in [5, 5.41) is 11.0. The molecule has 5 nitrogen and oxygen atoms in total. The third-order valence-electron chi connectivity index (χ3n) is 4.52. The van der Waals surface area contributed by atoms with Crippen LogP contribution in [0.15, 0.2) is 29.3 Å². The normalized spacial score (nSPS) is 17.1. The number of piperidine rings is 1. The van der Waals surface area contributed by atoms with E-state index in [1.165, 1.54) is 18.2 Å². The first-order chi connectivity index (χ1) is 12.6. The van der Waals surface area contributed by atoms with Crippen LogP contribution in [0.3, 0.4) is 0 Å². The number of rotatable bonds is 5. The number of amides is 1. The van der Waals surface area contributed by atoms with E-state index in [9.17, 15) is 10.1 Å². The number of nitrogens with zero attached hydrogens (tertiary/aromatic N) is 3. The van der Waals surface area contributed by atoms with E-state index >= 15 is 0 Å². The molecule has 0 spiro atoms. The summed E-state index contributed by atoms with van der Waals surface area (Å²) in [4.78, 5) is 19.0. The molecule has 1 unspecified atom stereocenters. The van der Waals surface area contributed by atoms with Gasteiger partial charge in [-0.2, -0.15) is 5.26 Å². The fourth-order valence-electron chi connectivity index (χ4n) is 3.22. The summed E-state index contributed by atoms with van der Waals surface area (Å²) < 4.78 is 5.51. The molecule has 26 heavy (non-hydrogen) atoms. The van der Waals surface area contributed by atoms with E-state index in [2.05, 4.69) is 18.0 Å². The molecule has 1 atom stereocenters. The lowest BCUT2D eigenvalue weighted by atomic mass is 10.0. The van der Waals surface area contributed by atoms with Crippen LogP contribution < -0.4 is 4.74 Å². The Labute approximate surface area is 158 Å². The Kier molecular flexibility index (Phi) is 6.00. The third kappa shape index (κ3) is 4.28. The van der Waals surface area contributed by atoms with Gasteiger partial charge in [0.1, 0.15) is 16.8 Å². The van der Waals surface area contributed by atoms with Crippen LogP contribution in [0, 0.1) is 17.2 Å². The highest BCUT2D eigenvalue weighted by Crippen LogP contribution is 2.27. The van der Waals surface area contributed by atoms with Crippen molar-refractivity contribution in [3.63, 3.8) is 0 Å². The fraction of sp³-hybridized carbons (Fsp3) is 0.450. The van der Waals surface area contributed by atoms with Gasteiger partial charge in [-0.25, -0.2) is 4.98 Å². The van der Waals surface area contributed by atoms with Gasteiger partial charge in [-0.05, 0) is 49.9 Å². The van der Waals surface area contributed by atoms with Crippen molar-refractivity contribution in [3.8, 4) is 11.8 Å². The highest BCUT2D eigenvalue weighted by Gasteiger charge is 2.21.